The quantitative estimate of drug-likeness (QED) is 0.817. The van der Waals surface area contributed by atoms with Crippen molar-refractivity contribution in [2.75, 3.05) is 13.6 Å². The number of benzene rings is 1. The number of fused-ring (bicyclic) bond motifs is 1. The molecule has 5 nitrogen and oxygen atoms in total. The number of carbonyl (C=O) groups is 1. The Balaban J connectivity index is 1.46. The molecule has 2 heterocycles. The van der Waals surface area contributed by atoms with Gasteiger partial charge < -0.3 is 9.64 Å². The summed E-state index contributed by atoms with van der Waals surface area (Å²) in [4.78, 5) is 20.7. The number of aromatic nitrogens is 1. The number of para-hydroxylation sites is 1. The molecule has 0 bridgehead atoms. The molecule has 1 saturated carbocycles. The topological polar surface area (TPSA) is 45.7 Å². The highest BCUT2D eigenvalue weighted by Crippen LogP contribution is 2.39. The van der Waals surface area contributed by atoms with Crippen molar-refractivity contribution < 1.29 is 9.53 Å². The van der Waals surface area contributed by atoms with Crippen LogP contribution in [0.5, 0.6) is 5.75 Å². The van der Waals surface area contributed by atoms with Gasteiger partial charge in [-0.2, -0.15) is 0 Å². The van der Waals surface area contributed by atoms with Gasteiger partial charge in [0.1, 0.15) is 11.4 Å². The zero-order chi connectivity index (χ0) is 19.6. The van der Waals surface area contributed by atoms with E-state index >= 15 is 0 Å². The van der Waals surface area contributed by atoms with Crippen LogP contribution in [0.1, 0.15) is 43.7 Å². The minimum atomic E-state index is -0.272. The third-order valence-electron chi connectivity index (χ3n) is 6.26. The molecule has 1 aromatic heterocycles. The second-order valence-corrected chi connectivity index (χ2v) is 8.27. The zero-order valence-electron chi connectivity index (χ0n) is 16.8. The Morgan fingerprint density at radius 2 is 1.93 bits per heavy atom. The van der Waals surface area contributed by atoms with Crippen LogP contribution in [0, 0.1) is 0 Å². The highest BCUT2D eigenvalue weighted by molar-refractivity contribution is 5.73. The van der Waals surface area contributed by atoms with Gasteiger partial charge in [0.25, 0.3) is 0 Å². The number of ether oxygens (including phenoxy) is 1. The van der Waals surface area contributed by atoms with Crippen LogP contribution >= 0.6 is 0 Å². The SMILES string of the molecule is CC(=O)N1Cc2ccccc2OC2(CCC(N(C)Cc3ccncc3)CC2)C1. The molecule has 2 aliphatic rings. The van der Waals surface area contributed by atoms with Crippen molar-refractivity contribution in [3.05, 3.63) is 59.9 Å². The predicted octanol–water partition coefficient (Wildman–Crippen LogP) is 3.64. The maximum absolute atomic E-state index is 12.2. The monoisotopic (exact) mass is 379 g/mol. The Bertz CT molecular complexity index is 816. The van der Waals surface area contributed by atoms with Crippen LogP contribution in [-0.4, -0.2) is 45.9 Å². The van der Waals surface area contributed by atoms with Gasteiger partial charge in [-0.3, -0.25) is 14.7 Å². The molecule has 1 aromatic carbocycles. The van der Waals surface area contributed by atoms with Crippen LogP contribution in [-0.2, 0) is 17.9 Å². The van der Waals surface area contributed by atoms with Gasteiger partial charge in [-0.15, -0.1) is 0 Å². The molecule has 0 N–H and O–H groups in total. The lowest BCUT2D eigenvalue weighted by Gasteiger charge is -2.43. The highest BCUT2D eigenvalue weighted by atomic mass is 16.5. The van der Waals surface area contributed by atoms with Crippen LogP contribution in [0.25, 0.3) is 0 Å². The van der Waals surface area contributed by atoms with Gasteiger partial charge in [-0.25, -0.2) is 0 Å². The van der Waals surface area contributed by atoms with E-state index in [4.69, 9.17) is 4.74 Å². The molecule has 1 aliphatic carbocycles. The van der Waals surface area contributed by atoms with E-state index < -0.39 is 0 Å². The average molecular weight is 380 g/mol. The Hall–Kier alpha value is -2.40. The van der Waals surface area contributed by atoms with Crippen LogP contribution in [0.3, 0.4) is 0 Å². The van der Waals surface area contributed by atoms with E-state index in [1.165, 1.54) is 5.56 Å². The van der Waals surface area contributed by atoms with E-state index in [1.807, 2.05) is 35.5 Å². The molecule has 0 unspecified atom stereocenters. The summed E-state index contributed by atoms with van der Waals surface area (Å²) in [6.45, 7) is 3.91. The van der Waals surface area contributed by atoms with E-state index in [1.54, 1.807) is 6.92 Å². The molecule has 0 saturated heterocycles. The number of carbonyl (C=O) groups excluding carboxylic acids is 1. The zero-order valence-corrected chi connectivity index (χ0v) is 16.8. The molecule has 5 heteroatoms. The molecule has 2 aromatic rings. The van der Waals surface area contributed by atoms with Crippen LogP contribution < -0.4 is 4.74 Å². The highest BCUT2D eigenvalue weighted by Gasteiger charge is 2.42. The van der Waals surface area contributed by atoms with E-state index in [0.717, 1.165) is 43.5 Å². The smallest absolute Gasteiger partial charge is 0.219 e. The fourth-order valence-corrected chi connectivity index (χ4v) is 4.57. The average Bonchev–Trinajstić information content (AvgIpc) is 2.86. The van der Waals surface area contributed by atoms with Crippen molar-refractivity contribution >= 4 is 5.91 Å². The summed E-state index contributed by atoms with van der Waals surface area (Å²) in [7, 11) is 2.20. The lowest BCUT2D eigenvalue weighted by molar-refractivity contribution is -0.132. The summed E-state index contributed by atoms with van der Waals surface area (Å²) in [6.07, 6.45) is 7.80. The largest absolute Gasteiger partial charge is 0.485 e. The standard InChI is InChI=1S/C23H29N3O2/c1-18(27)26-16-20-5-3-4-6-22(20)28-23(17-26)11-7-21(8-12-23)25(2)15-19-9-13-24-14-10-19/h3-6,9-10,13-14,21H,7-8,11-12,15-17H2,1-2H3. The molecule has 0 radical (unpaired) electrons. The van der Waals surface area contributed by atoms with Gasteiger partial charge in [0, 0.05) is 44.0 Å². The Labute approximate surface area is 167 Å². The molecular weight excluding hydrogens is 350 g/mol. The maximum atomic E-state index is 12.2. The van der Waals surface area contributed by atoms with Crippen LogP contribution in [0.4, 0.5) is 0 Å². The first-order chi connectivity index (χ1) is 13.5. The molecule has 148 valence electrons. The van der Waals surface area contributed by atoms with E-state index in [-0.39, 0.29) is 11.5 Å². The van der Waals surface area contributed by atoms with Crippen molar-refractivity contribution in [3.63, 3.8) is 0 Å². The lowest BCUT2D eigenvalue weighted by atomic mass is 9.81. The molecule has 1 aliphatic heterocycles. The number of nitrogens with zero attached hydrogens (tertiary/aromatic N) is 3. The van der Waals surface area contributed by atoms with Crippen molar-refractivity contribution in [3.8, 4) is 5.75 Å². The number of rotatable bonds is 3. The van der Waals surface area contributed by atoms with E-state index in [2.05, 4.69) is 35.1 Å². The van der Waals surface area contributed by atoms with Gasteiger partial charge in [0.15, 0.2) is 0 Å². The Kier molecular flexibility index (Phi) is 5.36. The summed E-state index contributed by atoms with van der Waals surface area (Å²) in [5.74, 6) is 1.06. The first kappa shape index (κ1) is 18.9. The second-order valence-electron chi connectivity index (χ2n) is 8.27. The fourth-order valence-electron chi connectivity index (χ4n) is 4.57. The van der Waals surface area contributed by atoms with Gasteiger partial charge in [-0.1, -0.05) is 18.2 Å². The fraction of sp³-hybridized carbons (Fsp3) is 0.478. The van der Waals surface area contributed by atoms with Crippen molar-refractivity contribution in [1.29, 1.82) is 0 Å². The predicted molar refractivity (Wildman–Crippen MR) is 109 cm³/mol. The van der Waals surface area contributed by atoms with Gasteiger partial charge in [0.05, 0.1) is 6.54 Å². The summed E-state index contributed by atoms with van der Waals surface area (Å²) < 4.78 is 6.59. The molecule has 4 rings (SSSR count). The minimum Gasteiger partial charge on any atom is -0.485 e. The first-order valence-corrected chi connectivity index (χ1v) is 10.2. The third-order valence-corrected chi connectivity index (χ3v) is 6.26. The maximum Gasteiger partial charge on any atom is 0.219 e. The van der Waals surface area contributed by atoms with Crippen molar-refractivity contribution in [2.24, 2.45) is 0 Å². The summed E-state index contributed by atoms with van der Waals surface area (Å²) in [6, 6.07) is 12.8. The number of amides is 1. The van der Waals surface area contributed by atoms with Gasteiger partial charge in [-0.05, 0) is 56.5 Å². The Morgan fingerprint density at radius 1 is 1.21 bits per heavy atom. The molecule has 1 spiro atoms. The minimum absolute atomic E-state index is 0.122. The summed E-state index contributed by atoms with van der Waals surface area (Å²) in [5, 5.41) is 0. The van der Waals surface area contributed by atoms with Crippen molar-refractivity contribution in [2.45, 2.75) is 57.3 Å². The van der Waals surface area contributed by atoms with Gasteiger partial charge >= 0.3 is 0 Å². The van der Waals surface area contributed by atoms with E-state index in [9.17, 15) is 4.79 Å². The summed E-state index contributed by atoms with van der Waals surface area (Å²) >= 11 is 0. The second kappa shape index (κ2) is 7.92. The normalized spacial score (nSPS) is 24.5. The number of hydrogen-bond donors (Lipinski definition) is 0. The number of hydrogen-bond acceptors (Lipinski definition) is 4. The lowest BCUT2D eigenvalue weighted by Crippen LogP contribution is -2.51. The van der Waals surface area contributed by atoms with Gasteiger partial charge in [0.2, 0.25) is 5.91 Å². The van der Waals surface area contributed by atoms with E-state index in [0.29, 0.717) is 19.1 Å². The molecule has 1 amide bonds. The first-order valence-electron chi connectivity index (χ1n) is 10.2. The summed E-state index contributed by atoms with van der Waals surface area (Å²) in [5.41, 5.74) is 2.12. The molecule has 0 atom stereocenters. The molecule has 28 heavy (non-hydrogen) atoms. The Morgan fingerprint density at radius 3 is 2.64 bits per heavy atom. The van der Waals surface area contributed by atoms with Crippen molar-refractivity contribution in [1.82, 2.24) is 14.8 Å². The van der Waals surface area contributed by atoms with Crippen LogP contribution in [0.2, 0.25) is 0 Å². The number of pyridine rings is 1. The molecule has 1 fully saturated rings. The molecular formula is C23H29N3O2. The third kappa shape index (κ3) is 4.04. The van der Waals surface area contributed by atoms with Crippen LogP contribution in [0.15, 0.2) is 48.8 Å².